The van der Waals surface area contributed by atoms with Crippen molar-refractivity contribution in [3.63, 3.8) is 0 Å². The van der Waals surface area contributed by atoms with Gasteiger partial charge in [-0.1, -0.05) is 31.4 Å². The summed E-state index contributed by atoms with van der Waals surface area (Å²) in [6.45, 7) is 4.58. The summed E-state index contributed by atoms with van der Waals surface area (Å²) in [6, 6.07) is 7.59. The standard InChI is InChI=1S/C20H28N4O3S/c1-16-21-22-20(27-16)15-23-11-13-24(14-12-23)28(25,26)19-9-7-18(8-10-19)17-5-3-2-4-6-17/h7-10,17H,2-6,11-15H2,1H3. The smallest absolute Gasteiger partial charge is 0.243 e. The fourth-order valence-corrected chi connectivity index (χ4v) is 5.64. The first kappa shape index (κ1) is 19.5. The van der Waals surface area contributed by atoms with Crippen LogP contribution in [0.3, 0.4) is 0 Å². The molecule has 0 unspecified atom stereocenters. The summed E-state index contributed by atoms with van der Waals surface area (Å²) in [5, 5.41) is 7.85. The zero-order valence-electron chi connectivity index (χ0n) is 16.4. The van der Waals surface area contributed by atoms with Gasteiger partial charge in [0, 0.05) is 33.1 Å². The van der Waals surface area contributed by atoms with Gasteiger partial charge < -0.3 is 4.42 Å². The first-order chi connectivity index (χ1) is 13.5. The minimum Gasteiger partial charge on any atom is -0.424 e. The highest BCUT2D eigenvalue weighted by atomic mass is 32.2. The highest BCUT2D eigenvalue weighted by Gasteiger charge is 2.29. The Hall–Kier alpha value is -1.77. The van der Waals surface area contributed by atoms with Crippen molar-refractivity contribution >= 4 is 10.0 Å². The molecule has 1 aromatic carbocycles. The Kier molecular flexibility index (Phi) is 5.80. The molecule has 8 heteroatoms. The third-order valence-electron chi connectivity index (χ3n) is 5.85. The maximum absolute atomic E-state index is 13.0. The van der Waals surface area contributed by atoms with E-state index in [1.54, 1.807) is 23.4 Å². The molecule has 1 aliphatic carbocycles. The summed E-state index contributed by atoms with van der Waals surface area (Å²) < 4.78 is 33.0. The molecule has 1 aliphatic heterocycles. The SMILES string of the molecule is Cc1nnc(CN2CCN(S(=O)(=O)c3ccc(C4CCCCC4)cc3)CC2)o1. The van der Waals surface area contributed by atoms with Crippen LogP contribution in [0, 0.1) is 6.92 Å². The summed E-state index contributed by atoms with van der Waals surface area (Å²) in [5.41, 5.74) is 1.28. The number of benzene rings is 1. The molecule has 0 atom stereocenters. The molecule has 1 saturated carbocycles. The van der Waals surface area contributed by atoms with Crippen molar-refractivity contribution < 1.29 is 12.8 Å². The van der Waals surface area contributed by atoms with Gasteiger partial charge in [-0.2, -0.15) is 4.31 Å². The minimum atomic E-state index is -3.45. The molecule has 7 nitrogen and oxygen atoms in total. The first-order valence-corrected chi connectivity index (χ1v) is 11.6. The topological polar surface area (TPSA) is 79.5 Å². The molecule has 2 aliphatic rings. The van der Waals surface area contributed by atoms with Crippen molar-refractivity contribution in [1.29, 1.82) is 0 Å². The average Bonchev–Trinajstić information content (AvgIpc) is 3.14. The Bertz CT molecular complexity index is 880. The van der Waals surface area contributed by atoms with Gasteiger partial charge in [-0.15, -0.1) is 10.2 Å². The van der Waals surface area contributed by atoms with Crippen LogP contribution in [0.4, 0.5) is 0 Å². The quantitative estimate of drug-likeness (QED) is 0.762. The molecular weight excluding hydrogens is 376 g/mol. The first-order valence-electron chi connectivity index (χ1n) is 10.1. The summed E-state index contributed by atoms with van der Waals surface area (Å²) in [6.07, 6.45) is 6.30. The molecule has 28 heavy (non-hydrogen) atoms. The van der Waals surface area contributed by atoms with E-state index in [1.165, 1.54) is 37.7 Å². The summed E-state index contributed by atoms with van der Waals surface area (Å²) >= 11 is 0. The molecule has 2 fully saturated rings. The van der Waals surface area contributed by atoms with E-state index in [0.29, 0.717) is 55.3 Å². The molecule has 152 valence electrons. The lowest BCUT2D eigenvalue weighted by Crippen LogP contribution is -2.48. The van der Waals surface area contributed by atoms with Gasteiger partial charge in [-0.25, -0.2) is 8.42 Å². The molecule has 4 rings (SSSR count). The molecule has 1 saturated heterocycles. The van der Waals surface area contributed by atoms with Gasteiger partial charge >= 0.3 is 0 Å². The molecular formula is C20H28N4O3S. The fraction of sp³-hybridized carbons (Fsp3) is 0.600. The molecule has 0 spiro atoms. The van der Waals surface area contributed by atoms with E-state index >= 15 is 0 Å². The lowest BCUT2D eigenvalue weighted by atomic mass is 9.84. The van der Waals surface area contributed by atoms with Crippen LogP contribution in [0.15, 0.2) is 33.6 Å². The second-order valence-corrected chi connectivity index (χ2v) is 9.74. The Morgan fingerprint density at radius 3 is 2.29 bits per heavy atom. The van der Waals surface area contributed by atoms with Crippen LogP contribution in [0.2, 0.25) is 0 Å². The third-order valence-corrected chi connectivity index (χ3v) is 7.77. The van der Waals surface area contributed by atoms with Crippen molar-refractivity contribution in [3.05, 3.63) is 41.6 Å². The van der Waals surface area contributed by atoms with E-state index in [2.05, 4.69) is 15.1 Å². The van der Waals surface area contributed by atoms with Crippen LogP contribution in [0.1, 0.15) is 55.4 Å². The van der Waals surface area contributed by atoms with Gasteiger partial charge in [0.1, 0.15) is 0 Å². The molecule has 0 bridgehead atoms. The third kappa shape index (κ3) is 4.29. The number of piperazine rings is 1. The maximum atomic E-state index is 13.0. The van der Waals surface area contributed by atoms with Crippen molar-refractivity contribution in [2.24, 2.45) is 0 Å². The Morgan fingerprint density at radius 2 is 1.68 bits per heavy atom. The van der Waals surface area contributed by atoms with Gasteiger partial charge in [-0.05, 0) is 36.5 Å². The highest BCUT2D eigenvalue weighted by Crippen LogP contribution is 2.33. The van der Waals surface area contributed by atoms with E-state index < -0.39 is 10.0 Å². The normalized spacial score (nSPS) is 20.5. The predicted octanol–water partition coefficient (Wildman–Crippen LogP) is 2.93. The lowest BCUT2D eigenvalue weighted by Gasteiger charge is -2.33. The van der Waals surface area contributed by atoms with Crippen LogP contribution in [-0.4, -0.2) is 54.0 Å². The molecule has 2 aromatic rings. The average molecular weight is 405 g/mol. The highest BCUT2D eigenvalue weighted by molar-refractivity contribution is 7.89. The largest absolute Gasteiger partial charge is 0.424 e. The van der Waals surface area contributed by atoms with Crippen LogP contribution in [0.5, 0.6) is 0 Å². The molecule has 0 N–H and O–H groups in total. The predicted molar refractivity (Wildman–Crippen MR) is 105 cm³/mol. The van der Waals surface area contributed by atoms with Gasteiger partial charge in [0.2, 0.25) is 21.8 Å². The number of nitrogens with zero attached hydrogens (tertiary/aromatic N) is 4. The number of aryl methyl sites for hydroxylation is 1. The van der Waals surface area contributed by atoms with E-state index in [1.807, 2.05) is 12.1 Å². The van der Waals surface area contributed by atoms with Crippen LogP contribution in [0.25, 0.3) is 0 Å². The van der Waals surface area contributed by atoms with E-state index in [0.717, 1.165) is 0 Å². The summed E-state index contributed by atoms with van der Waals surface area (Å²) in [4.78, 5) is 2.54. The Balaban J connectivity index is 1.37. The monoisotopic (exact) mass is 404 g/mol. The van der Waals surface area contributed by atoms with Gasteiger partial charge in [-0.3, -0.25) is 4.90 Å². The Labute approximate surface area is 166 Å². The number of hydrogen-bond donors (Lipinski definition) is 0. The molecule has 1 aromatic heterocycles. The van der Waals surface area contributed by atoms with Crippen LogP contribution < -0.4 is 0 Å². The molecule has 0 radical (unpaired) electrons. The van der Waals surface area contributed by atoms with Gasteiger partial charge in [0.25, 0.3) is 0 Å². The molecule has 2 heterocycles. The fourth-order valence-electron chi connectivity index (χ4n) is 4.22. The zero-order chi connectivity index (χ0) is 19.6. The lowest BCUT2D eigenvalue weighted by molar-refractivity contribution is 0.167. The van der Waals surface area contributed by atoms with Crippen molar-refractivity contribution in [3.8, 4) is 0 Å². The number of sulfonamides is 1. The number of hydrogen-bond acceptors (Lipinski definition) is 6. The van der Waals surface area contributed by atoms with Crippen molar-refractivity contribution in [2.45, 2.75) is 56.4 Å². The van der Waals surface area contributed by atoms with E-state index in [-0.39, 0.29) is 0 Å². The molecule has 0 amide bonds. The summed E-state index contributed by atoms with van der Waals surface area (Å²) in [5.74, 6) is 1.71. The van der Waals surface area contributed by atoms with Crippen molar-refractivity contribution in [2.75, 3.05) is 26.2 Å². The minimum absolute atomic E-state index is 0.396. The summed E-state index contributed by atoms with van der Waals surface area (Å²) in [7, 11) is -3.45. The van der Waals surface area contributed by atoms with Gasteiger partial charge in [0.05, 0.1) is 11.4 Å². The second kappa shape index (κ2) is 8.31. The van der Waals surface area contributed by atoms with Gasteiger partial charge in [0.15, 0.2) is 0 Å². The zero-order valence-corrected chi connectivity index (χ0v) is 17.2. The second-order valence-electron chi connectivity index (χ2n) is 7.80. The number of aromatic nitrogens is 2. The number of rotatable bonds is 5. The maximum Gasteiger partial charge on any atom is 0.243 e. The van der Waals surface area contributed by atoms with Crippen LogP contribution >= 0.6 is 0 Å². The van der Waals surface area contributed by atoms with Crippen molar-refractivity contribution in [1.82, 2.24) is 19.4 Å². The van der Waals surface area contributed by atoms with E-state index in [4.69, 9.17) is 4.42 Å². The van der Waals surface area contributed by atoms with Crippen LogP contribution in [-0.2, 0) is 16.6 Å². The Morgan fingerprint density at radius 1 is 1.00 bits per heavy atom. The van der Waals surface area contributed by atoms with E-state index in [9.17, 15) is 8.42 Å².